The fraction of sp³-hybridized carbons (Fsp3) is 0.571. The van der Waals surface area contributed by atoms with Gasteiger partial charge in [0.05, 0.1) is 11.9 Å². The number of aromatic nitrogens is 2. The molecule has 1 aromatic heterocycles. The number of primary sulfonamides is 1. The summed E-state index contributed by atoms with van der Waals surface area (Å²) in [4.78, 5) is -0.0770. The minimum atomic E-state index is -3.74. The standard InChI is InChI=1S/C7H13N3O4S2/c1-15(11,12)4-2-3-10-6-7(5-9-10)16(8,13)14/h5-6H,2-4H2,1H3,(H2,8,13,14). The number of rotatable bonds is 5. The van der Waals surface area contributed by atoms with E-state index in [2.05, 4.69) is 5.10 Å². The fourth-order valence-electron chi connectivity index (χ4n) is 1.10. The monoisotopic (exact) mass is 267 g/mol. The molecular weight excluding hydrogens is 254 g/mol. The van der Waals surface area contributed by atoms with Gasteiger partial charge in [-0.2, -0.15) is 5.10 Å². The van der Waals surface area contributed by atoms with Crippen LogP contribution in [0.15, 0.2) is 17.3 Å². The van der Waals surface area contributed by atoms with E-state index in [1.807, 2.05) is 0 Å². The van der Waals surface area contributed by atoms with Crippen molar-refractivity contribution in [1.82, 2.24) is 9.78 Å². The van der Waals surface area contributed by atoms with Crippen molar-refractivity contribution in [1.29, 1.82) is 0 Å². The second-order valence-corrected chi connectivity index (χ2v) is 7.29. The third kappa shape index (κ3) is 4.29. The van der Waals surface area contributed by atoms with E-state index in [4.69, 9.17) is 5.14 Å². The summed E-state index contributed by atoms with van der Waals surface area (Å²) < 4.78 is 44.8. The SMILES string of the molecule is CS(=O)(=O)CCCn1cc(S(N)(=O)=O)cn1. The van der Waals surface area contributed by atoms with Crippen molar-refractivity contribution in [2.24, 2.45) is 5.14 Å². The summed E-state index contributed by atoms with van der Waals surface area (Å²) in [7, 11) is -6.74. The summed E-state index contributed by atoms with van der Waals surface area (Å²) in [5.74, 6) is 0.0393. The Kier molecular flexibility index (Phi) is 3.71. The quantitative estimate of drug-likeness (QED) is 0.732. The van der Waals surface area contributed by atoms with Gasteiger partial charge in [0.25, 0.3) is 0 Å². The lowest BCUT2D eigenvalue weighted by molar-refractivity contribution is 0.574. The van der Waals surface area contributed by atoms with Gasteiger partial charge in [0.15, 0.2) is 0 Å². The van der Waals surface area contributed by atoms with Crippen LogP contribution in [0.3, 0.4) is 0 Å². The number of nitrogens with zero attached hydrogens (tertiary/aromatic N) is 2. The Balaban J connectivity index is 2.61. The zero-order valence-electron chi connectivity index (χ0n) is 8.70. The zero-order valence-corrected chi connectivity index (χ0v) is 10.3. The Morgan fingerprint density at radius 3 is 2.44 bits per heavy atom. The van der Waals surface area contributed by atoms with E-state index in [0.29, 0.717) is 13.0 Å². The molecule has 1 rings (SSSR count). The summed E-state index contributed by atoms with van der Waals surface area (Å²) in [5, 5.41) is 8.66. The van der Waals surface area contributed by atoms with E-state index in [-0.39, 0.29) is 10.6 Å². The smallest absolute Gasteiger partial charge is 0.241 e. The van der Waals surface area contributed by atoms with E-state index in [1.165, 1.54) is 10.9 Å². The maximum atomic E-state index is 10.9. The first-order valence-electron chi connectivity index (χ1n) is 4.41. The molecule has 0 saturated heterocycles. The average molecular weight is 267 g/mol. The van der Waals surface area contributed by atoms with E-state index < -0.39 is 19.9 Å². The van der Waals surface area contributed by atoms with Gasteiger partial charge in [0, 0.05) is 19.0 Å². The first kappa shape index (κ1) is 13.1. The Morgan fingerprint density at radius 2 is 2.00 bits per heavy atom. The van der Waals surface area contributed by atoms with Crippen LogP contribution in [-0.2, 0) is 26.4 Å². The molecule has 92 valence electrons. The molecule has 1 heterocycles. The largest absolute Gasteiger partial charge is 0.271 e. The van der Waals surface area contributed by atoms with Crippen LogP contribution in [0, 0.1) is 0 Å². The highest BCUT2D eigenvalue weighted by atomic mass is 32.2. The van der Waals surface area contributed by atoms with Crippen molar-refractivity contribution in [3.8, 4) is 0 Å². The number of sulfone groups is 1. The average Bonchev–Trinajstić information content (AvgIpc) is 2.49. The molecular formula is C7H13N3O4S2. The Morgan fingerprint density at radius 1 is 1.38 bits per heavy atom. The van der Waals surface area contributed by atoms with Crippen LogP contribution in [0.1, 0.15) is 6.42 Å². The molecule has 1 aromatic rings. The van der Waals surface area contributed by atoms with Gasteiger partial charge in [-0.3, -0.25) is 4.68 Å². The second-order valence-electron chi connectivity index (χ2n) is 3.47. The molecule has 0 amide bonds. The first-order valence-corrected chi connectivity index (χ1v) is 8.02. The van der Waals surface area contributed by atoms with Crippen LogP contribution >= 0.6 is 0 Å². The van der Waals surface area contributed by atoms with Crippen molar-refractivity contribution < 1.29 is 16.8 Å². The van der Waals surface area contributed by atoms with Crippen LogP contribution in [0.25, 0.3) is 0 Å². The van der Waals surface area contributed by atoms with Crippen LogP contribution in [0.5, 0.6) is 0 Å². The van der Waals surface area contributed by atoms with Crippen molar-refractivity contribution >= 4 is 19.9 Å². The van der Waals surface area contributed by atoms with Crippen LogP contribution in [0.4, 0.5) is 0 Å². The third-order valence-electron chi connectivity index (χ3n) is 1.84. The maximum Gasteiger partial charge on any atom is 0.241 e. The van der Waals surface area contributed by atoms with E-state index in [0.717, 1.165) is 12.5 Å². The number of nitrogens with two attached hydrogens (primary N) is 1. The Labute approximate surface area is 94.2 Å². The third-order valence-corrected chi connectivity index (χ3v) is 3.74. The normalized spacial score (nSPS) is 12.9. The lowest BCUT2D eigenvalue weighted by atomic mass is 10.5. The van der Waals surface area contributed by atoms with Gasteiger partial charge in [-0.05, 0) is 6.42 Å². The summed E-state index contributed by atoms with van der Waals surface area (Å²) in [6.07, 6.45) is 3.93. The molecule has 0 spiro atoms. The molecule has 16 heavy (non-hydrogen) atoms. The van der Waals surface area contributed by atoms with E-state index in [9.17, 15) is 16.8 Å². The molecule has 0 fully saturated rings. The fourth-order valence-corrected chi connectivity index (χ4v) is 2.22. The first-order chi connectivity index (χ1) is 7.18. The molecule has 7 nitrogen and oxygen atoms in total. The van der Waals surface area contributed by atoms with Gasteiger partial charge in [0.1, 0.15) is 14.7 Å². The maximum absolute atomic E-state index is 10.9. The molecule has 9 heteroatoms. The summed E-state index contributed by atoms with van der Waals surface area (Å²) in [6.45, 7) is 0.336. The molecule has 0 aromatic carbocycles. The van der Waals surface area contributed by atoms with Gasteiger partial charge in [-0.15, -0.1) is 0 Å². The lowest BCUT2D eigenvalue weighted by Gasteiger charge is -1.99. The summed E-state index contributed by atoms with van der Waals surface area (Å²) in [6, 6.07) is 0. The topological polar surface area (TPSA) is 112 Å². The predicted octanol–water partition coefficient (Wildman–Crippen LogP) is -1.03. The van der Waals surface area contributed by atoms with Gasteiger partial charge in [0.2, 0.25) is 10.0 Å². The van der Waals surface area contributed by atoms with E-state index >= 15 is 0 Å². The van der Waals surface area contributed by atoms with Gasteiger partial charge < -0.3 is 0 Å². The lowest BCUT2D eigenvalue weighted by Crippen LogP contribution is -2.11. The van der Waals surface area contributed by atoms with Crippen molar-refractivity contribution in [3.05, 3.63) is 12.4 Å². The molecule has 0 atom stereocenters. The molecule has 0 bridgehead atoms. The van der Waals surface area contributed by atoms with Crippen molar-refractivity contribution in [2.75, 3.05) is 12.0 Å². The van der Waals surface area contributed by atoms with Crippen LogP contribution < -0.4 is 5.14 Å². The van der Waals surface area contributed by atoms with Crippen LogP contribution in [-0.4, -0.2) is 38.6 Å². The molecule has 0 aliphatic rings. The molecule has 0 unspecified atom stereocenters. The number of hydrogen-bond acceptors (Lipinski definition) is 5. The van der Waals surface area contributed by atoms with Crippen molar-refractivity contribution in [2.45, 2.75) is 17.9 Å². The number of sulfonamides is 1. The highest BCUT2D eigenvalue weighted by Crippen LogP contribution is 2.04. The number of hydrogen-bond donors (Lipinski definition) is 1. The number of aryl methyl sites for hydroxylation is 1. The van der Waals surface area contributed by atoms with Gasteiger partial charge in [-0.1, -0.05) is 0 Å². The van der Waals surface area contributed by atoms with Gasteiger partial charge >= 0.3 is 0 Å². The molecule has 0 aliphatic heterocycles. The molecule has 0 radical (unpaired) electrons. The summed E-state index contributed by atoms with van der Waals surface area (Å²) >= 11 is 0. The molecule has 0 saturated carbocycles. The molecule has 2 N–H and O–H groups in total. The minimum Gasteiger partial charge on any atom is -0.271 e. The second kappa shape index (κ2) is 4.52. The molecule has 0 aliphatic carbocycles. The van der Waals surface area contributed by atoms with Gasteiger partial charge in [-0.25, -0.2) is 22.0 Å². The summed E-state index contributed by atoms with van der Waals surface area (Å²) in [5.41, 5.74) is 0. The minimum absolute atomic E-state index is 0.0393. The van der Waals surface area contributed by atoms with Crippen molar-refractivity contribution in [3.63, 3.8) is 0 Å². The highest BCUT2D eigenvalue weighted by molar-refractivity contribution is 7.90. The zero-order chi connectivity index (χ0) is 12.4. The van der Waals surface area contributed by atoms with Crippen LogP contribution in [0.2, 0.25) is 0 Å². The van der Waals surface area contributed by atoms with E-state index in [1.54, 1.807) is 0 Å². The Hall–Kier alpha value is -0.930. The Bertz CT molecular complexity index is 558. The predicted molar refractivity (Wildman–Crippen MR) is 57.9 cm³/mol. The highest BCUT2D eigenvalue weighted by Gasteiger charge is 2.10.